The molecule has 0 heterocycles. The van der Waals surface area contributed by atoms with Gasteiger partial charge in [-0.25, -0.2) is 0 Å². The van der Waals surface area contributed by atoms with Crippen molar-refractivity contribution in [3.63, 3.8) is 0 Å². The number of nitrogens with zero attached hydrogens (tertiary/aromatic N) is 1. The minimum absolute atomic E-state index is 0.170. The molecule has 0 saturated heterocycles. The Bertz CT molecular complexity index is 3540. The predicted octanol–water partition coefficient (Wildman–Crippen LogP) is 17.0. The molecule has 1 heteroatoms. The average molecular weight is 844 g/mol. The third-order valence-corrected chi connectivity index (χ3v) is 15.5. The fourth-order valence-electron chi connectivity index (χ4n) is 12.5. The van der Waals surface area contributed by atoms with Crippen LogP contribution in [0.5, 0.6) is 0 Å². The molecule has 0 N–H and O–H groups in total. The molecule has 0 atom stereocenters. The van der Waals surface area contributed by atoms with Gasteiger partial charge in [0.25, 0.3) is 0 Å². The second-order valence-corrected chi connectivity index (χ2v) is 19.6. The van der Waals surface area contributed by atoms with Gasteiger partial charge in [-0.15, -0.1) is 0 Å². The van der Waals surface area contributed by atoms with Crippen LogP contribution in [-0.4, -0.2) is 0 Å². The van der Waals surface area contributed by atoms with Crippen molar-refractivity contribution in [1.82, 2.24) is 0 Å². The third-order valence-electron chi connectivity index (χ3n) is 15.5. The van der Waals surface area contributed by atoms with Crippen LogP contribution < -0.4 is 4.90 Å². The van der Waals surface area contributed by atoms with Gasteiger partial charge in [0.2, 0.25) is 0 Å². The first-order chi connectivity index (χ1) is 32.3. The molecule has 0 amide bonds. The molecule has 3 aliphatic carbocycles. The van der Waals surface area contributed by atoms with E-state index >= 15 is 0 Å². The Balaban J connectivity index is 1.13. The Labute approximate surface area is 388 Å². The van der Waals surface area contributed by atoms with E-state index < -0.39 is 5.41 Å². The van der Waals surface area contributed by atoms with Gasteiger partial charge in [0, 0.05) is 27.8 Å². The summed E-state index contributed by atoms with van der Waals surface area (Å²) in [5, 5.41) is 2.55. The fourth-order valence-corrected chi connectivity index (χ4v) is 12.5. The molecule has 0 radical (unpaired) electrons. The average Bonchev–Trinajstić information content (AvgIpc) is 3.89. The van der Waals surface area contributed by atoms with Crippen molar-refractivity contribution in [2.75, 3.05) is 4.90 Å². The van der Waals surface area contributed by atoms with Crippen LogP contribution in [-0.2, 0) is 16.2 Å². The quantitative estimate of drug-likeness (QED) is 0.161. The second kappa shape index (κ2) is 14.1. The monoisotopic (exact) mass is 843 g/mol. The highest BCUT2D eigenvalue weighted by atomic mass is 15.1. The zero-order valence-corrected chi connectivity index (χ0v) is 37.8. The van der Waals surface area contributed by atoms with Gasteiger partial charge in [-0.1, -0.05) is 216 Å². The van der Waals surface area contributed by atoms with Crippen molar-refractivity contribution in [3.05, 3.63) is 269 Å². The predicted molar refractivity (Wildman–Crippen MR) is 276 cm³/mol. The maximum atomic E-state index is 2.60. The van der Waals surface area contributed by atoms with Crippen molar-refractivity contribution in [2.24, 2.45) is 0 Å². The lowest BCUT2D eigenvalue weighted by atomic mass is 9.67. The summed E-state index contributed by atoms with van der Waals surface area (Å²) >= 11 is 0. The maximum Gasteiger partial charge on any atom is 0.0714 e. The minimum Gasteiger partial charge on any atom is -0.310 e. The van der Waals surface area contributed by atoms with Gasteiger partial charge in [-0.3, -0.25) is 0 Å². The second-order valence-electron chi connectivity index (χ2n) is 19.6. The van der Waals surface area contributed by atoms with Crippen LogP contribution in [0.4, 0.5) is 17.1 Å². The summed E-state index contributed by atoms with van der Waals surface area (Å²) in [6, 6.07) is 84.5. The Morgan fingerprint density at radius 3 is 1.52 bits per heavy atom. The minimum atomic E-state index is -0.536. The number of hydrogen-bond donors (Lipinski definition) is 0. The van der Waals surface area contributed by atoms with E-state index in [4.69, 9.17) is 0 Å². The molecule has 0 aromatic heterocycles. The molecular weight excluding hydrogens is 795 g/mol. The van der Waals surface area contributed by atoms with Crippen molar-refractivity contribution in [1.29, 1.82) is 0 Å². The summed E-state index contributed by atoms with van der Waals surface area (Å²) < 4.78 is 0. The zero-order chi connectivity index (χ0) is 44.4. The summed E-state index contributed by atoms with van der Waals surface area (Å²) in [4.78, 5) is 2.60. The lowest BCUT2D eigenvalue weighted by molar-refractivity contribution is 0.660. The van der Waals surface area contributed by atoms with E-state index in [1.54, 1.807) is 0 Å². The van der Waals surface area contributed by atoms with E-state index in [0.29, 0.717) is 0 Å². The van der Waals surface area contributed by atoms with E-state index in [-0.39, 0.29) is 10.8 Å². The molecule has 0 bridgehead atoms. The van der Waals surface area contributed by atoms with Crippen LogP contribution >= 0.6 is 0 Å². The molecule has 0 saturated carbocycles. The van der Waals surface area contributed by atoms with Gasteiger partial charge in [0.1, 0.15) is 0 Å². The van der Waals surface area contributed by atoms with E-state index in [9.17, 15) is 0 Å². The van der Waals surface area contributed by atoms with Crippen LogP contribution in [0.15, 0.2) is 224 Å². The third kappa shape index (κ3) is 5.29. The fraction of sp³-hybridized carbons (Fsp3) is 0.108. The smallest absolute Gasteiger partial charge is 0.0714 e. The standard InChI is InChI=1S/C65H49N/c1-63(2)55-30-18-16-28-50(55)52-36-33-47(40-58(52)63)66(48-34-37-53-51-29-17-19-31-56(51)65(59(53)41-48,45-23-10-6-11-24-45)46-25-12-7-13-26-46)60-39-44-22-14-15-27-49(44)62-61(60)54-35-32-43(38-57(54)64(62,3)4)42-20-8-5-9-21-42/h5-41H,1-4H3. The first kappa shape index (κ1) is 38.7. The van der Waals surface area contributed by atoms with Crippen LogP contribution in [0.2, 0.25) is 0 Å². The van der Waals surface area contributed by atoms with E-state index in [2.05, 4.69) is 257 Å². The molecule has 0 spiro atoms. The lowest BCUT2D eigenvalue weighted by Crippen LogP contribution is -2.28. The van der Waals surface area contributed by atoms with E-state index in [1.807, 2.05) is 0 Å². The number of anilines is 3. The first-order valence-corrected chi connectivity index (χ1v) is 23.4. The molecule has 1 nitrogen and oxygen atoms in total. The molecule has 314 valence electrons. The van der Waals surface area contributed by atoms with Crippen LogP contribution in [0.25, 0.3) is 55.3 Å². The molecule has 13 rings (SSSR count). The van der Waals surface area contributed by atoms with Crippen molar-refractivity contribution in [3.8, 4) is 44.5 Å². The molecule has 66 heavy (non-hydrogen) atoms. The molecule has 0 unspecified atom stereocenters. The van der Waals surface area contributed by atoms with Gasteiger partial charge < -0.3 is 4.90 Å². The van der Waals surface area contributed by atoms with Crippen LogP contribution in [0.3, 0.4) is 0 Å². The van der Waals surface area contributed by atoms with Crippen molar-refractivity contribution < 1.29 is 0 Å². The molecule has 3 aliphatic rings. The highest BCUT2D eigenvalue weighted by Crippen LogP contribution is 2.61. The van der Waals surface area contributed by atoms with Gasteiger partial charge in [-0.2, -0.15) is 0 Å². The first-order valence-electron chi connectivity index (χ1n) is 23.4. The molecule has 0 fully saturated rings. The van der Waals surface area contributed by atoms with E-state index in [0.717, 1.165) is 11.4 Å². The number of hydrogen-bond acceptors (Lipinski definition) is 1. The molecular formula is C65H49N. The molecule has 10 aromatic carbocycles. The summed E-state index contributed by atoms with van der Waals surface area (Å²) in [6.45, 7) is 9.65. The van der Waals surface area contributed by atoms with E-state index in [1.165, 1.54) is 105 Å². The topological polar surface area (TPSA) is 3.24 Å². The normalized spacial score (nSPS) is 15.0. The number of rotatable bonds is 6. The summed E-state index contributed by atoms with van der Waals surface area (Å²) in [6.07, 6.45) is 0. The highest BCUT2D eigenvalue weighted by molar-refractivity contribution is 6.07. The molecule has 0 aliphatic heterocycles. The lowest BCUT2D eigenvalue weighted by Gasteiger charge is -2.35. The van der Waals surface area contributed by atoms with Crippen LogP contribution in [0, 0.1) is 0 Å². The Kier molecular flexibility index (Phi) is 8.28. The van der Waals surface area contributed by atoms with Gasteiger partial charge in [0.15, 0.2) is 0 Å². The van der Waals surface area contributed by atoms with Gasteiger partial charge >= 0.3 is 0 Å². The van der Waals surface area contributed by atoms with Gasteiger partial charge in [-0.05, 0) is 131 Å². The van der Waals surface area contributed by atoms with Crippen molar-refractivity contribution in [2.45, 2.75) is 43.9 Å². The SMILES string of the molecule is CC1(C)c2ccccc2-c2ccc(N(c3ccc4c(c3)C(c3ccccc3)(c3ccccc3)c3ccccc3-4)c3cc4ccccc4c4c3-c3ccc(-c5ccccc5)cc3C4(C)C)cc21. The molecule has 10 aromatic rings. The summed E-state index contributed by atoms with van der Waals surface area (Å²) in [5.41, 5.74) is 23.4. The van der Waals surface area contributed by atoms with Crippen molar-refractivity contribution >= 4 is 27.8 Å². The van der Waals surface area contributed by atoms with Gasteiger partial charge in [0.05, 0.1) is 11.1 Å². The zero-order valence-electron chi connectivity index (χ0n) is 37.8. The Morgan fingerprint density at radius 1 is 0.333 bits per heavy atom. The van der Waals surface area contributed by atoms with Crippen LogP contribution in [0.1, 0.15) is 72.2 Å². The summed E-state index contributed by atoms with van der Waals surface area (Å²) in [5.74, 6) is 0. The number of benzene rings is 10. The highest BCUT2D eigenvalue weighted by Gasteiger charge is 2.47. The largest absolute Gasteiger partial charge is 0.310 e. The Morgan fingerprint density at radius 2 is 0.833 bits per heavy atom. The summed E-state index contributed by atoms with van der Waals surface area (Å²) in [7, 11) is 0. The maximum absolute atomic E-state index is 2.60. The Hall–Kier alpha value is -7.74. The number of fused-ring (bicyclic) bond motifs is 11.